The highest BCUT2D eigenvalue weighted by molar-refractivity contribution is 5.77. The van der Waals surface area contributed by atoms with Crippen molar-refractivity contribution in [2.75, 3.05) is 13.6 Å². The molecule has 1 aromatic carbocycles. The molecule has 1 aromatic rings. The molecule has 1 aliphatic carbocycles. The maximum atomic E-state index is 11.5. The Balaban J connectivity index is 1.96. The average Bonchev–Trinajstić information content (AvgIpc) is 3.23. The number of rotatable bonds is 6. The lowest BCUT2D eigenvalue weighted by molar-refractivity contribution is -0.122. The third-order valence-electron chi connectivity index (χ3n) is 3.51. The summed E-state index contributed by atoms with van der Waals surface area (Å²) in [5, 5.41) is 2.70. The lowest BCUT2D eigenvalue weighted by Gasteiger charge is -2.21. The van der Waals surface area contributed by atoms with Crippen molar-refractivity contribution in [3.8, 4) is 0 Å². The molecule has 0 radical (unpaired) electrons. The number of benzene rings is 1. The van der Waals surface area contributed by atoms with Gasteiger partial charge in [0.1, 0.15) is 0 Å². The van der Waals surface area contributed by atoms with Gasteiger partial charge in [0, 0.05) is 19.6 Å². The van der Waals surface area contributed by atoms with Crippen LogP contribution in [0.2, 0.25) is 0 Å². The molecule has 0 aliphatic heterocycles. The fourth-order valence-electron chi connectivity index (χ4n) is 2.13. The molecule has 1 N–H and O–H groups in total. The SMILES string of the molecule is CCc1ccc(CN(CC(=O)NC)C2CC2)cc1. The molecule has 18 heavy (non-hydrogen) atoms. The van der Waals surface area contributed by atoms with Crippen molar-refractivity contribution in [1.29, 1.82) is 0 Å². The molecule has 3 heteroatoms. The summed E-state index contributed by atoms with van der Waals surface area (Å²) in [5.74, 6) is 0.104. The normalized spacial score (nSPS) is 14.8. The molecule has 0 bridgehead atoms. The van der Waals surface area contributed by atoms with Crippen LogP contribution in [-0.2, 0) is 17.8 Å². The maximum Gasteiger partial charge on any atom is 0.233 e. The number of nitrogens with one attached hydrogen (secondary N) is 1. The van der Waals surface area contributed by atoms with Crippen LogP contribution in [0.3, 0.4) is 0 Å². The summed E-state index contributed by atoms with van der Waals surface area (Å²) in [6.45, 7) is 3.55. The van der Waals surface area contributed by atoms with Gasteiger partial charge in [0.05, 0.1) is 6.54 Å². The van der Waals surface area contributed by atoms with E-state index < -0.39 is 0 Å². The van der Waals surface area contributed by atoms with Crippen LogP contribution in [-0.4, -0.2) is 30.4 Å². The van der Waals surface area contributed by atoms with Gasteiger partial charge in [-0.3, -0.25) is 9.69 Å². The highest BCUT2D eigenvalue weighted by Gasteiger charge is 2.29. The Bertz CT molecular complexity index is 395. The van der Waals surface area contributed by atoms with E-state index in [1.165, 1.54) is 24.0 Å². The second-order valence-corrected chi connectivity index (χ2v) is 4.98. The number of hydrogen-bond donors (Lipinski definition) is 1. The Labute approximate surface area is 109 Å². The van der Waals surface area contributed by atoms with E-state index in [0.29, 0.717) is 12.6 Å². The Hall–Kier alpha value is -1.35. The van der Waals surface area contributed by atoms with Gasteiger partial charge in [0.25, 0.3) is 0 Å². The molecule has 0 atom stereocenters. The molecule has 2 rings (SSSR count). The van der Waals surface area contributed by atoms with Crippen LogP contribution in [0.25, 0.3) is 0 Å². The number of carbonyl (C=O) groups is 1. The highest BCUT2D eigenvalue weighted by atomic mass is 16.1. The minimum Gasteiger partial charge on any atom is -0.358 e. The Morgan fingerprint density at radius 3 is 2.39 bits per heavy atom. The van der Waals surface area contributed by atoms with Crippen molar-refractivity contribution < 1.29 is 4.79 Å². The first-order chi connectivity index (χ1) is 8.72. The summed E-state index contributed by atoms with van der Waals surface area (Å²) in [6.07, 6.45) is 3.53. The van der Waals surface area contributed by atoms with Crippen LogP contribution in [0.1, 0.15) is 30.9 Å². The lowest BCUT2D eigenvalue weighted by Crippen LogP contribution is -2.36. The third-order valence-corrected chi connectivity index (χ3v) is 3.51. The van der Waals surface area contributed by atoms with Gasteiger partial charge in [0.2, 0.25) is 5.91 Å². The maximum absolute atomic E-state index is 11.5. The zero-order valence-corrected chi connectivity index (χ0v) is 11.3. The first-order valence-corrected chi connectivity index (χ1v) is 6.75. The second-order valence-electron chi connectivity index (χ2n) is 4.98. The molecule has 0 heterocycles. The molecule has 1 amide bonds. The predicted molar refractivity (Wildman–Crippen MR) is 73.3 cm³/mol. The molecule has 0 spiro atoms. The number of hydrogen-bond acceptors (Lipinski definition) is 2. The van der Waals surface area contributed by atoms with Gasteiger partial charge < -0.3 is 5.32 Å². The van der Waals surface area contributed by atoms with Crippen LogP contribution in [0.4, 0.5) is 0 Å². The molecule has 1 fully saturated rings. The number of aryl methyl sites for hydroxylation is 1. The molecular formula is C15H22N2O. The lowest BCUT2D eigenvalue weighted by atomic mass is 10.1. The number of amides is 1. The fourth-order valence-corrected chi connectivity index (χ4v) is 2.13. The standard InChI is InChI=1S/C15H22N2O/c1-3-12-4-6-13(7-5-12)10-17(14-8-9-14)11-15(18)16-2/h4-7,14H,3,8-11H2,1-2H3,(H,16,18). The topological polar surface area (TPSA) is 32.3 Å². The first-order valence-electron chi connectivity index (χ1n) is 6.75. The van der Waals surface area contributed by atoms with Gasteiger partial charge in [-0.25, -0.2) is 0 Å². The van der Waals surface area contributed by atoms with Gasteiger partial charge in [-0.05, 0) is 30.4 Å². The Kier molecular flexibility index (Phi) is 4.37. The monoisotopic (exact) mass is 246 g/mol. The molecule has 0 unspecified atom stereocenters. The zero-order chi connectivity index (χ0) is 13.0. The molecule has 3 nitrogen and oxygen atoms in total. The van der Waals surface area contributed by atoms with Crippen molar-refractivity contribution in [3.05, 3.63) is 35.4 Å². The van der Waals surface area contributed by atoms with Crippen LogP contribution >= 0.6 is 0 Å². The zero-order valence-electron chi connectivity index (χ0n) is 11.3. The smallest absolute Gasteiger partial charge is 0.233 e. The third kappa shape index (κ3) is 3.57. The first kappa shape index (κ1) is 13.1. The van der Waals surface area contributed by atoms with E-state index in [1.807, 2.05) is 0 Å². The van der Waals surface area contributed by atoms with Crippen LogP contribution in [0.15, 0.2) is 24.3 Å². The molecule has 0 aromatic heterocycles. The quantitative estimate of drug-likeness (QED) is 0.832. The summed E-state index contributed by atoms with van der Waals surface area (Å²) < 4.78 is 0. The number of likely N-dealkylation sites (N-methyl/N-ethyl adjacent to an activating group) is 1. The van der Waals surface area contributed by atoms with E-state index in [1.54, 1.807) is 7.05 Å². The van der Waals surface area contributed by atoms with Crippen molar-refractivity contribution >= 4 is 5.91 Å². The van der Waals surface area contributed by atoms with Gasteiger partial charge in [0.15, 0.2) is 0 Å². The molecule has 1 saturated carbocycles. The van der Waals surface area contributed by atoms with Crippen molar-refractivity contribution in [3.63, 3.8) is 0 Å². The van der Waals surface area contributed by atoms with Gasteiger partial charge in [-0.15, -0.1) is 0 Å². The largest absolute Gasteiger partial charge is 0.358 e. The summed E-state index contributed by atoms with van der Waals surface area (Å²) in [5.41, 5.74) is 2.66. The highest BCUT2D eigenvalue weighted by Crippen LogP contribution is 2.28. The van der Waals surface area contributed by atoms with E-state index in [4.69, 9.17) is 0 Å². The second kappa shape index (κ2) is 6.01. The van der Waals surface area contributed by atoms with E-state index in [0.717, 1.165) is 13.0 Å². The Morgan fingerprint density at radius 2 is 1.89 bits per heavy atom. The van der Waals surface area contributed by atoms with Gasteiger partial charge >= 0.3 is 0 Å². The van der Waals surface area contributed by atoms with E-state index in [-0.39, 0.29) is 5.91 Å². The average molecular weight is 246 g/mol. The van der Waals surface area contributed by atoms with E-state index in [2.05, 4.69) is 41.4 Å². The number of nitrogens with zero attached hydrogens (tertiary/aromatic N) is 1. The van der Waals surface area contributed by atoms with Gasteiger partial charge in [-0.1, -0.05) is 31.2 Å². The minimum absolute atomic E-state index is 0.104. The van der Waals surface area contributed by atoms with E-state index >= 15 is 0 Å². The van der Waals surface area contributed by atoms with Crippen molar-refractivity contribution in [2.45, 2.75) is 38.8 Å². The minimum atomic E-state index is 0.104. The fraction of sp³-hybridized carbons (Fsp3) is 0.533. The van der Waals surface area contributed by atoms with Gasteiger partial charge in [-0.2, -0.15) is 0 Å². The molecule has 98 valence electrons. The van der Waals surface area contributed by atoms with E-state index in [9.17, 15) is 4.79 Å². The summed E-state index contributed by atoms with van der Waals surface area (Å²) >= 11 is 0. The summed E-state index contributed by atoms with van der Waals surface area (Å²) in [7, 11) is 1.70. The predicted octanol–water partition coefficient (Wildman–Crippen LogP) is 1.96. The van der Waals surface area contributed by atoms with Crippen LogP contribution in [0, 0.1) is 0 Å². The van der Waals surface area contributed by atoms with Crippen molar-refractivity contribution in [2.24, 2.45) is 0 Å². The summed E-state index contributed by atoms with van der Waals surface area (Å²) in [4.78, 5) is 13.8. The summed E-state index contributed by atoms with van der Waals surface area (Å²) in [6, 6.07) is 9.32. The molecular weight excluding hydrogens is 224 g/mol. The number of carbonyl (C=O) groups excluding carboxylic acids is 1. The molecule has 0 saturated heterocycles. The Morgan fingerprint density at radius 1 is 1.28 bits per heavy atom. The van der Waals surface area contributed by atoms with Crippen LogP contribution in [0.5, 0.6) is 0 Å². The van der Waals surface area contributed by atoms with Crippen molar-refractivity contribution in [1.82, 2.24) is 10.2 Å². The molecule has 1 aliphatic rings. The van der Waals surface area contributed by atoms with Crippen LogP contribution < -0.4 is 5.32 Å².